The van der Waals surface area contributed by atoms with Crippen molar-refractivity contribution in [2.24, 2.45) is 17.8 Å². The van der Waals surface area contributed by atoms with Gasteiger partial charge in [0.1, 0.15) is 5.78 Å². The first-order valence-corrected chi connectivity index (χ1v) is 7.24. The average Bonchev–Trinajstić information content (AvgIpc) is 2.46. The van der Waals surface area contributed by atoms with Crippen molar-refractivity contribution in [2.45, 2.75) is 39.5 Å². The molecule has 1 aliphatic carbocycles. The van der Waals surface area contributed by atoms with Crippen LogP contribution in [-0.2, 0) is 4.79 Å². The van der Waals surface area contributed by atoms with Gasteiger partial charge < -0.3 is 0 Å². The Morgan fingerprint density at radius 1 is 1.00 bits per heavy atom. The van der Waals surface area contributed by atoms with Crippen LogP contribution in [0.15, 0.2) is 30.3 Å². The maximum atomic E-state index is 12.6. The van der Waals surface area contributed by atoms with Gasteiger partial charge in [0.25, 0.3) is 0 Å². The first-order valence-electron chi connectivity index (χ1n) is 7.24. The zero-order chi connectivity index (χ0) is 13.8. The van der Waals surface area contributed by atoms with Gasteiger partial charge in [-0.25, -0.2) is 0 Å². The second kappa shape index (κ2) is 6.14. The Kier molecular flexibility index (Phi) is 4.52. The molecule has 0 heterocycles. The predicted octanol–water partition coefficient (Wildman–Crippen LogP) is 3.90. The highest BCUT2D eigenvalue weighted by Gasteiger charge is 2.36. The number of hydrogen-bond donors (Lipinski definition) is 0. The van der Waals surface area contributed by atoms with Gasteiger partial charge in [-0.1, -0.05) is 57.0 Å². The standard InChI is InChI=1S/C17H22O2/c1-12(2)16(18)14-10-6-7-11-15(14)17(19)13-8-4-3-5-9-13/h3-5,8-9,12,14-15H,6-7,10-11H2,1-2H3. The third kappa shape index (κ3) is 3.12. The van der Waals surface area contributed by atoms with E-state index in [9.17, 15) is 9.59 Å². The molecular weight excluding hydrogens is 236 g/mol. The third-order valence-corrected chi connectivity index (χ3v) is 4.10. The molecule has 0 N–H and O–H groups in total. The quantitative estimate of drug-likeness (QED) is 0.767. The molecule has 2 heteroatoms. The molecular formula is C17H22O2. The van der Waals surface area contributed by atoms with Crippen molar-refractivity contribution in [3.8, 4) is 0 Å². The summed E-state index contributed by atoms with van der Waals surface area (Å²) >= 11 is 0. The Morgan fingerprint density at radius 3 is 2.16 bits per heavy atom. The van der Waals surface area contributed by atoms with Crippen LogP contribution in [0.3, 0.4) is 0 Å². The van der Waals surface area contributed by atoms with Crippen molar-refractivity contribution < 1.29 is 9.59 Å². The van der Waals surface area contributed by atoms with E-state index in [1.54, 1.807) is 0 Å². The van der Waals surface area contributed by atoms with Crippen molar-refractivity contribution in [1.82, 2.24) is 0 Å². The van der Waals surface area contributed by atoms with Crippen molar-refractivity contribution in [3.63, 3.8) is 0 Å². The van der Waals surface area contributed by atoms with Crippen LogP contribution in [0, 0.1) is 17.8 Å². The summed E-state index contributed by atoms with van der Waals surface area (Å²) in [5.74, 6) is 0.259. The maximum Gasteiger partial charge on any atom is 0.166 e. The minimum absolute atomic E-state index is 0.0224. The third-order valence-electron chi connectivity index (χ3n) is 4.10. The Labute approximate surface area is 115 Å². The summed E-state index contributed by atoms with van der Waals surface area (Å²) in [4.78, 5) is 24.9. The fourth-order valence-corrected chi connectivity index (χ4v) is 3.03. The number of benzene rings is 1. The van der Waals surface area contributed by atoms with E-state index in [2.05, 4.69) is 0 Å². The molecule has 0 spiro atoms. The van der Waals surface area contributed by atoms with Gasteiger partial charge in [-0.2, -0.15) is 0 Å². The largest absolute Gasteiger partial charge is 0.299 e. The molecule has 2 rings (SSSR count). The van der Waals surface area contributed by atoms with E-state index >= 15 is 0 Å². The summed E-state index contributed by atoms with van der Waals surface area (Å²) in [7, 11) is 0. The first-order chi connectivity index (χ1) is 9.11. The van der Waals surface area contributed by atoms with E-state index in [0.29, 0.717) is 0 Å². The van der Waals surface area contributed by atoms with Crippen LogP contribution < -0.4 is 0 Å². The minimum atomic E-state index is -0.106. The molecule has 2 unspecified atom stereocenters. The molecule has 1 saturated carbocycles. The first kappa shape index (κ1) is 14.0. The molecule has 0 aliphatic heterocycles. The summed E-state index contributed by atoms with van der Waals surface area (Å²) in [5.41, 5.74) is 0.746. The Hall–Kier alpha value is -1.44. The molecule has 2 nitrogen and oxygen atoms in total. The van der Waals surface area contributed by atoms with Gasteiger partial charge in [-0.15, -0.1) is 0 Å². The molecule has 0 amide bonds. The number of rotatable bonds is 4. The second-order valence-corrected chi connectivity index (χ2v) is 5.78. The molecule has 0 saturated heterocycles. The smallest absolute Gasteiger partial charge is 0.166 e. The summed E-state index contributed by atoms with van der Waals surface area (Å²) < 4.78 is 0. The van der Waals surface area contributed by atoms with Crippen molar-refractivity contribution in [2.75, 3.05) is 0 Å². The van der Waals surface area contributed by atoms with E-state index in [4.69, 9.17) is 0 Å². The average molecular weight is 258 g/mol. The molecule has 1 aromatic carbocycles. The lowest BCUT2D eigenvalue weighted by Gasteiger charge is -2.30. The van der Waals surface area contributed by atoms with E-state index in [0.717, 1.165) is 31.2 Å². The predicted molar refractivity (Wildman–Crippen MR) is 76.1 cm³/mol. The van der Waals surface area contributed by atoms with E-state index in [1.165, 1.54) is 0 Å². The topological polar surface area (TPSA) is 34.1 Å². The highest BCUT2D eigenvalue weighted by atomic mass is 16.1. The lowest BCUT2D eigenvalue weighted by atomic mass is 9.71. The fourth-order valence-electron chi connectivity index (χ4n) is 3.03. The lowest BCUT2D eigenvalue weighted by Crippen LogP contribution is -2.34. The maximum absolute atomic E-state index is 12.6. The van der Waals surface area contributed by atoms with E-state index in [1.807, 2.05) is 44.2 Å². The molecule has 0 bridgehead atoms. The van der Waals surface area contributed by atoms with Crippen LogP contribution in [0.2, 0.25) is 0 Å². The van der Waals surface area contributed by atoms with Gasteiger partial charge >= 0.3 is 0 Å². The zero-order valence-corrected chi connectivity index (χ0v) is 11.8. The summed E-state index contributed by atoms with van der Waals surface area (Å²) in [6.45, 7) is 3.86. The van der Waals surface area contributed by atoms with Gasteiger partial charge in [0.15, 0.2) is 5.78 Å². The molecule has 1 fully saturated rings. The zero-order valence-electron chi connectivity index (χ0n) is 11.8. The molecule has 0 radical (unpaired) electrons. The van der Waals surface area contributed by atoms with Gasteiger partial charge in [0.2, 0.25) is 0 Å². The Morgan fingerprint density at radius 2 is 1.58 bits per heavy atom. The van der Waals surface area contributed by atoms with Crippen LogP contribution >= 0.6 is 0 Å². The van der Waals surface area contributed by atoms with Gasteiger partial charge in [0, 0.05) is 23.3 Å². The summed E-state index contributed by atoms with van der Waals surface area (Å²) in [6, 6.07) is 9.39. The number of ketones is 2. The van der Waals surface area contributed by atoms with E-state index in [-0.39, 0.29) is 29.3 Å². The molecule has 0 aromatic heterocycles. The summed E-state index contributed by atoms with van der Waals surface area (Å²) in [6.07, 6.45) is 3.86. The Bertz CT molecular complexity index is 448. The molecule has 102 valence electrons. The lowest BCUT2D eigenvalue weighted by molar-refractivity contribution is -0.128. The molecule has 1 aliphatic rings. The van der Waals surface area contributed by atoms with Crippen molar-refractivity contribution in [3.05, 3.63) is 35.9 Å². The molecule has 2 atom stereocenters. The molecule has 1 aromatic rings. The normalized spacial score (nSPS) is 23.3. The number of Topliss-reactive ketones (excluding diaryl/α,β-unsaturated/α-hetero) is 2. The van der Waals surface area contributed by atoms with Crippen LogP contribution in [0.25, 0.3) is 0 Å². The SMILES string of the molecule is CC(C)C(=O)C1CCCCC1C(=O)c1ccccc1. The van der Waals surface area contributed by atoms with Gasteiger partial charge in [0.05, 0.1) is 0 Å². The van der Waals surface area contributed by atoms with Crippen molar-refractivity contribution >= 4 is 11.6 Å². The van der Waals surface area contributed by atoms with Gasteiger partial charge in [-0.3, -0.25) is 9.59 Å². The van der Waals surface area contributed by atoms with Crippen LogP contribution in [0.4, 0.5) is 0 Å². The highest BCUT2D eigenvalue weighted by molar-refractivity contribution is 6.01. The van der Waals surface area contributed by atoms with Crippen LogP contribution in [0.5, 0.6) is 0 Å². The second-order valence-electron chi connectivity index (χ2n) is 5.78. The van der Waals surface area contributed by atoms with Crippen LogP contribution in [0.1, 0.15) is 49.9 Å². The van der Waals surface area contributed by atoms with E-state index < -0.39 is 0 Å². The van der Waals surface area contributed by atoms with Gasteiger partial charge in [-0.05, 0) is 12.8 Å². The fraction of sp³-hybridized carbons (Fsp3) is 0.529. The minimum Gasteiger partial charge on any atom is -0.299 e. The van der Waals surface area contributed by atoms with Crippen molar-refractivity contribution in [1.29, 1.82) is 0 Å². The summed E-state index contributed by atoms with van der Waals surface area (Å²) in [5, 5.41) is 0. The number of carbonyl (C=O) groups excluding carboxylic acids is 2. The number of carbonyl (C=O) groups is 2. The van der Waals surface area contributed by atoms with Crippen LogP contribution in [-0.4, -0.2) is 11.6 Å². The number of hydrogen-bond acceptors (Lipinski definition) is 2. The highest BCUT2D eigenvalue weighted by Crippen LogP contribution is 2.34. The Balaban J connectivity index is 2.20. The molecule has 19 heavy (non-hydrogen) atoms. The monoisotopic (exact) mass is 258 g/mol.